The third-order valence-electron chi connectivity index (χ3n) is 4.12. The Hall–Kier alpha value is -3.35. The van der Waals surface area contributed by atoms with Crippen molar-refractivity contribution in [3.8, 4) is 11.5 Å². The molecule has 0 bridgehead atoms. The number of nitrogens with one attached hydrogen (secondary N) is 1. The summed E-state index contributed by atoms with van der Waals surface area (Å²) in [4.78, 5) is 12.4. The lowest BCUT2D eigenvalue weighted by molar-refractivity contribution is 0.102. The number of carbonyl (C=O) groups is 1. The Bertz CT molecular complexity index is 919. The predicted octanol–water partition coefficient (Wildman–Crippen LogP) is 3.49. The molecule has 0 saturated carbocycles. The minimum atomic E-state index is -0.376. The number of aryl methyl sites for hydroxylation is 1. The molecule has 0 atom stereocenters. The molecular formula is C20H21N3O4. The second-order valence-electron chi connectivity index (χ2n) is 5.87. The first kappa shape index (κ1) is 18.4. The van der Waals surface area contributed by atoms with Gasteiger partial charge in [-0.2, -0.15) is 0 Å². The second-order valence-corrected chi connectivity index (χ2v) is 5.87. The number of rotatable bonds is 7. The van der Waals surface area contributed by atoms with Gasteiger partial charge in [-0.25, -0.2) is 0 Å². The number of carbonyl (C=O) groups excluding carboxylic acids is 1. The number of hydrogen-bond donors (Lipinski definition) is 1. The van der Waals surface area contributed by atoms with Crippen molar-refractivity contribution >= 4 is 11.9 Å². The van der Waals surface area contributed by atoms with Crippen LogP contribution in [0.4, 0.5) is 6.01 Å². The van der Waals surface area contributed by atoms with E-state index in [4.69, 9.17) is 13.9 Å². The number of amides is 1. The van der Waals surface area contributed by atoms with Gasteiger partial charge in [0.1, 0.15) is 0 Å². The molecule has 1 N–H and O–H groups in total. The van der Waals surface area contributed by atoms with Gasteiger partial charge >= 0.3 is 6.01 Å². The summed E-state index contributed by atoms with van der Waals surface area (Å²) in [7, 11) is 3.05. The first-order chi connectivity index (χ1) is 13.1. The van der Waals surface area contributed by atoms with Crippen LogP contribution >= 0.6 is 0 Å². The Balaban J connectivity index is 1.67. The first-order valence-electron chi connectivity index (χ1n) is 8.56. The zero-order valence-corrected chi connectivity index (χ0v) is 15.5. The fraction of sp³-hybridized carbons (Fsp3) is 0.250. The van der Waals surface area contributed by atoms with Crippen LogP contribution in [0.5, 0.6) is 11.5 Å². The summed E-state index contributed by atoms with van der Waals surface area (Å²) in [5, 5.41) is 10.5. The highest BCUT2D eigenvalue weighted by atomic mass is 16.5. The normalized spacial score (nSPS) is 10.5. The van der Waals surface area contributed by atoms with Crippen LogP contribution in [-0.4, -0.2) is 30.3 Å². The zero-order valence-electron chi connectivity index (χ0n) is 15.5. The molecule has 0 aliphatic carbocycles. The second kappa shape index (κ2) is 8.35. The Labute approximate surface area is 157 Å². The minimum Gasteiger partial charge on any atom is -0.493 e. The van der Waals surface area contributed by atoms with Gasteiger partial charge in [-0.05, 0) is 35.7 Å². The molecule has 1 heterocycles. The third-order valence-corrected chi connectivity index (χ3v) is 4.12. The predicted molar refractivity (Wildman–Crippen MR) is 100 cm³/mol. The van der Waals surface area contributed by atoms with E-state index in [-0.39, 0.29) is 11.9 Å². The molecule has 0 spiro atoms. The van der Waals surface area contributed by atoms with E-state index in [1.54, 1.807) is 18.2 Å². The molecule has 2 aromatic carbocycles. The third kappa shape index (κ3) is 4.44. The van der Waals surface area contributed by atoms with Gasteiger partial charge in [0.25, 0.3) is 5.91 Å². The van der Waals surface area contributed by atoms with Crippen LogP contribution in [-0.2, 0) is 12.8 Å². The molecule has 0 aliphatic heterocycles. The molecule has 27 heavy (non-hydrogen) atoms. The van der Waals surface area contributed by atoms with Crippen LogP contribution < -0.4 is 14.8 Å². The average molecular weight is 367 g/mol. The van der Waals surface area contributed by atoms with Crippen LogP contribution in [0.1, 0.15) is 34.3 Å². The molecule has 1 aromatic heterocycles. The van der Waals surface area contributed by atoms with E-state index in [9.17, 15) is 4.79 Å². The summed E-state index contributed by atoms with van der Waals surface area (Å²) in [6, 6.07) is 13.1. The van der Waals surface area contributed by atoms with Crippen molar-refractivity contribution in [1.82, 2.24) is 10.2 Å². The van der Waals surface area contributed by atoms with Gasteiger partial charge in [-0.15, -0.1) is 5.10 Å². The van der Waals surface area contributed by atoms with Crippen molar-refractivity contribution in [3.05, 3.63) is 65.0 Å². The van der Waals surface area contributed by atoms with Gasteiger partial charge in [0.05, 0.1) is 20.6 Å². The largest absolute Gasteiger partial charge is 0.493 e. The Morgan fingerprint density at radius 3 is 2.37 bits per heavy atom. The fourth-order valence-corrected chi connectivity index (χ4v) is 2.59. The van der Waals surface area contributed by atoms with E-state index in [0.717, 1.165) is 12.0 Å². The molecule has 0 radical (unpaired) electrons. The summed E-state index contributed by atoms with van der Waals surface area (Å²) < 4.78 is 15.9. The monoisotopic (exact) mass is 367 g/mol. The number of benzene rings is 2. The van der Waals surface area contributed by atoms with Gasteiger partial charge in [-0.3, -0.25) is 10.1 Å². The van der Waals surface area contributed by atoms with Crippen molar-refractivity contribution in [2.24, 2.45) is 0 Å². The summed E-state index contributed by atoms with van der Waals surface area (Å²) in [5.74, 6) is 1.07. The number of methoxy groups -OCH3 is 2. The molecule has 1 amide bonds. The standard InChI is InChI=1S/C20H21N3O4/c1-4-13-5-7-14(8-6-13)11-18-22-23-20(27-18)21-19(24)15-9-10-16(25-2)17(12-15)26-3/h5-10,12H,4,11H2,1-3H3,(H,21,23,24). The molecule has 0 unspecified atom stereocenters. The molecule has 140 valence electrons. The molecule has 0 aliphatic rings. The SMILES string of the molecule is CCc1ccc(Cc2nnc(NC(=O)c3ccc(OC)c(OC)c3)o2)cc1. The molecule has 7 nitrogen and oxygen atoms in total. The summed E-state index contributed by atoms with van der Waals surface area (Å²) >= 11 is 0. The van der Waals surface area contributed by atoms with Crippen LogP contribution in [0.15, 0.2) is 46.9 Å². The highest BCUT2D eigenvalue weighted by molar-refractivity contribution is 6.03. The number of nitrogens with zero attached hydrogens (tertiary/aromatic N) is 2. The maximum atomic E-state index is 12.4. The molecular weight excluding hydrogens is 346 g/mol. The van der Waals surface area contributed by atoms with E-state index in [1.165, 1.54) is 19.8 Å². The van der Waals surface area contributed by atoms with Crippen molar-refractivity contribution in [2.75, 3.05) is 19.5 Å². The maximum absolute atomic E-state index is 12.4. The Morgan fingerprint density at radius 1 is 1.00 bits per heavy atom. The fourth-order valence-electron chi connectivity index (χ4n) is 2.59. The Morgan fingerprint density at radius 2 is 1.70 bits per heavy atom. The lowest BCUT2D eigenvalue weighted by Gasteiger charge is -2.08. The van der Waals surface area contributed by atoms with E-state index < -0.39 is 0 Å². The number of aromatic nitrogens is 2. The topological polar surface area (TPSA) is 86.5 Å². The summed E-state index contributed by atoms with van der Waals surface area (Å²) in [6.07, 6.45) is 1.50. The quantitative estimate of drug-likeness (QED) is 0.688. The van der Waals surface area contributed by atoms with Crippen LogP contribution in [0, 0.1) is 0 Å². The van der Waals surface area contributed by atoms with Crippen LogP contribution in [0.3, 0.4) is 0 Å². The molecule has 3 rings (SSSR count). The summed E-state index contributed by atoms with van der Waals surface area (Å²) in [6.45, 7) is 2.11. The van der Waals surface area contributed by atoms with Gasteiger partial charge in [0, 0.05) is 5.56 Å². The van der Waals surface area contributed by atoms with Gasteiger partial charge < -0.3 is 13.9 Å². The lowest BCUT2D eigenvalue weighted by Crippen LogP contribution is -2.12. The van der Waals surface area contributed by atoms with Crippen molar-refractivity contribution in [1.29, 1.82) is 0 Å². The van der Waals surface area contributed by atoms with Crippen LogP contribution in [0.25, 0.3) is 0 Å². The van der Waals surface area contributed by atoms with Crippen LogP contribution in [0.2, 0.25) is 0 Å². The number of anilines is 1. The Kier molecular flexibility index (Phi) is 5.71. The molecule has 0 fully saturated rings. The van der Waals surface area contributed by atoms with Gasteiger partial charge in [0.2, 0.25) is 5.89 Å². The average Bonchev–Trinajstić information content (AvgIpc) is 3.14. The van der Waals surface area contributed by atoms with E-state index in [2.05, 4.69) is 34.6 Å². The van der Waals surface area contributed by atoms with Crippen molar-refractivity contribution in [2.45, 2.75) is 19.8 Å². The molecule has 0 saturated heterocycles. The highest BCUT2D eigenvalue weighted by Gasteiger charge is 2.14. The number of ether oxygens (including phenoxy) is 2. The zero-order chi connectivity index (χ0) is 19.2. The van der Waals surface area contributed by atoms with Crippen molar-refractivity contribution in [3.63, 3.8) is 0 Å². The van der Waals surface area contributed by atoms with E-state index in [1.807, 2.05) is 12.1 Å². The maximum Gasteiger partial charge on any atom is 0.322 e. The highest BCUT2D eigenvalue weighted by Crippen LogP contribution is 2.27. The van der Waals surface area contributed by atoms with E-state index in [0.29, 0.717) is 29.4 Å². The lowest BCUT2D eigenvalue weighted by atomic mass is 10.1. The number of hydrogen-bond acceptors (Lipinski definition) is 6. The van der Waals surface area contributed by atoms with Crippen molar-refractivity contribution < 1.29 is 18.7 Å². The smallest absolute Gasteiger partial charge is 0.322 e. The molecule has 7 heteroatoms. The first-order valence-corrected chi connectivity index (χ1v) is 8.56. The molecule has 3 aromatic rings. The summed E-state index contributed by atoms with van der Waals surface area (Å²) in [5.41, 5.74) is 2.73. The van der Waals surface area contributed by atoms with Gasteiger partial charge in [0.15, 0.2) is 11.5 Å². The van der Waals surface area contributed by atoms with E-state index >= 15 is 0 Å². The van der Waals surface area contributed by atoms with Gasteiger partial charge in [-0.1, -0.05) is 36.3 Å². The minimum absolute atomic E-state index is 0.0509.